The van der Waals surface area contributed by atoms with Crippen LogP contribution in [0.1, 0.15) is 57.1 Å². The molecule has 5 rings (SSSR count). The largest absolute Gasteiger partial charge is 0.480 e. The molecule has 0 aliphatic carbocycles. The van der Waals surface area contributed by atoms with Gasteiger partial charge in [0.05, 0.1) is 23.4 Å². The molecule has 0 saturated carbocycles. The zero-order chi connectivity index (χ0) is 30.2. The van der Waals surface area contributed by atoms with E-state index in [0.29, 0.717) is 51.2 Å². The fourth-order valence-corrected chi connectivity index (χ4v) is 7.02. The van der Waals surface area contributed by atoms with Crippen LogP contribution < -0.4 is 0 Å². The SMILES string of the molecule is CCOCC1=C(CN2CCN3C(=O)N(C(C)(C)C)CC3C2C(=O)O)CCC(c2nccs2)=NC1c1cccc(F)c1Cl. The highest BCUT2D eigenvalue weighted by atomic mass is 35.5. The first-order valence-electron chi connectivity index (χ1n) is 14.2. The maximum absolute atomic E-state index is 14.7. The molecule has 4 heterocycles. The first-order chi connectivity index (χ1) is 20.0. The molecule has 0 radical (unpaired) electrons. The Hall–Kier alpha value is -2.86. The molecule has 1 aromatic heterocycles. The van der Waals surface area contributed by atoms with Crippen LogP contribution in [0.5, 0.6) is 0 Å². The lowest BCUT2D eigenvalue weighted by Crippen LogP contribution is -2.62. The van der Waals surface area contributed by atoms with Gasteiger partial charge in [0.25, 0.3) is 0 Å². The van der Waals surface area contributed by atoms with Crippen LogP contribution in [0.25, 0.3) is 0 Å². The molecule has 3 atom stereocenters. The Morgan fingerprint density at radius 2 is 2.05 bits per heavy atom. The molecular weight excluding hydrogens is 581 g/mol. The Morgan fingerprint density at radius 1 is 1.26 bits per heavy atom. The van der Waals surface area contributed by atoms with Gasteiger partial charge in [0.1, 0.15) is 22.9 Å². The van der Waals surface area contributed by atoms with Crippen molar-refractivity contribution in [3.05, 3.63) is 62.3 Å². The molecule has 3 aliphatic heterocycles. The molecular formula is C30H37ClFN5O4S. The van der Waals surface area contributed by atoms with Crippen LogP contribution in [-0.2, 0) is 9.53 Å². The van der Waals surface area contributed by atoms with Crippen molar-refractivity contribution in [3.8, 4) is 0 Å². The summed E-state index contributed by atoms with van der Waals surface area (Å²) in [6.45, 7) is 10.1. The average molecular weight is 618 g/mol. The average Bonchev–Trinajstić information content (AvgIpc) is 3.55. The lowest BCUT2D eigenvalue weighted by atomic mass is 9.92. The standard InChI is InChI=1S/C30H37ClFN5O4S/c1-5-41-17-20-18(15-35-12-13-36-23(26(35)28(38)39)16-37(29(36)40)30(2,3)4)9-10-22(27-33-11-14-42-27)34-25(20)19-7-6-8-21(32)24(19)31/h6-8,11,14,23,25-26H,5,9-10,12-13,15-17H2,1-4H3,(H,38,39). The molecule has 12 heteroatoms. The Bertz CT molecular complexity index is 1390. The van der Waals surface area contributed by atoms with Gasteiger partial charge in [-0.05, 0) is 52.2 Å². The maximum atomic E-state index is 14.7. The Labute approximate surface area is 254 Å². The number of ether oxygens (including phenoxy) is 1. The first kappa shape index (κ1) is 30.6. The highest BCUT2D eigenvalue weighted by Gasteiger charge is 2.51. The van der Waals surface area contributed by atoms with Gasteiger partial charge < -0.3 is 19.6 Å². The van der Waals surface area contributed by atoms with E-state index in [1.54, 1.807) is 28.1 Å². The molecule has 9 nitrogen and oxygen atoms in total. The first-order valence-corrected chi connectivity index (χ1v) is 15.5. The van der Waals surface area contributed by atoms with Crippen molar-refractivity contribution in [2.75, 3.05) is 39.4 Å². The zero-order valence-electron chi connectivity index (χ0n) is 24.3. The molecule has 1 aromatic carbocycles. The highest BCUT2D eigenvalue weighted by Crippen LogP contribution is 2.39. The van der Waals surface area contributed by atoms with E-state index in [1.807, 2.05) is 38.0 Å². The quantitative estimate of drug-likeness (QED) is 0.406. The van der Waals surface area contributed by atoms with Crippen LogP contribution in [0.4, 0.5) is 9.18 Å². The van der Waals surface area contributed by atoms with Gasteiger partial charge in [0.2, 0.25) is 0 Å². The number of aliphatic imine (C=N–C) groups is 1. The number of urea groups is 1. The molecule has 3 aliphatic rings. The van der Waals surface area contributed by atoms with Crippen molar-refractivity contribution >= 4 is 40.6 Å². The molecule has 2 saturated heterocycles. The maximum Gasteiger partial charge on any atom is 0.323 e. The van der Waals surface area contributed by atoms with Crippen molar-refractivity contribution in [2.24, 2.45) is 4.99 Å². The summed E-state index contributed by atoms with van der Waals surface area (Å²) in [4.78, 5) is 41.0. The van der Waals surface area contributed by atoms with Crippen LogP contribution in [0.15, 0.2) is 45.9 Å². The van der Waals surface area contributed by atoms with Crippen LogP contribution in [-0.4, -0.2) is 99.5 Å². The zero-order valence-corrected chi connectivity index (χ0v) is 25.9. The second-order valence-corrected chi connectivity index (χ2v) is 13.1. The number of carboxylic acids is 1. The number of thiazole rings is 1. The number of carbonyl (C=O) groups excluding carboxylic acids is 1. The topological polar surface area (TPSA) is 98.6 Å². The monoisotopic (exact) mass is 617 g/mol. The number of benzene rings is 1. The van der Waals surface area contributed by atoms with Crippen molar-refractivity contribution in [1.29, 1.82) is 0 Å². The van der Waals surface area contributed by atoms with Crippen LogP contribution in [0.2, 0.25) is 5.02 Å². The van der Waals surface area contributed by atoms with Gasteiger partial charge in [-0.1, -0.05) is 29.3 Å². The molecule has 2 amide bonds. The van der Waals surface area contributed by atoms with E-state index in [4.69, 9.17) is 21.3 Å². The predicted molar refractivity (Wildman–Crippen MR) is 161 cm³/mol. The second-order valence-electron chi connectivity index (χ2n) is 11.8. The third-order valence-electron chi connectivity index (χ3n) is 8.24. The smallest absolute Gasteiger partial charge is 0.323 e. The van der Waals surface area contributed by atoms with Crippen LogP contribution in [0.3, 0.4) is 0 Å². The number of fused-ring (bicyclic) bond motifs is 1. The van der Waals surface area contributed by atoms with Gasteiger partial charge in [-0.25, -0.2) is 14.2 Å². The predicted octanol–water partition coefficient (Wildman–Crippen LogP) is 5.27. The molecule has 1 N–H and O–H groups in total. The summed E-state index contributed by atoms with van der Waals surface area (Å²) in [5.41, 5.74) is 2.74. The van der Waals surface area contributed by atoms with Crippen molar-refractivity contribution < 1.29 is 23.8 Å². The summed E-state index contributed by atoms with van der Waals surface area (Å²) in [6.07, 6.45) is 2.92. The lowest BCUT2D eigenvalue weighted by molar-refractivity contribution is -0.147. The molecule has 0 spiro atoms. The number of carboxylic acid groups (broad SMARTS) is 1. The van der Waals surface area contributed by atoms with Gasteiger partial charge in [-0.15, -0.1) is 11.3 Å². The van der Waals surface area contributed by atoms with E-state index in [1.165, 1.54) is 17.4 Å². The molecule has 2 aromatic rings. The van der Waals surface area contributed by atoms with E-state index in [2.05, 4.69) is 4.98 Å². The Morgan fingerprint density at radius 3 is 2.71 bits per heavy atom. The summed E-state index contributed by atoms with van der Waals surface area (Å²) in [6, 6.07) is 2.63. The number of hydrogen-bond donors (Lipinski definition) is 1. The van der Waals surface area contributed by atoms with E-state index >= 15 is 0 Å². The number of hydrogen-bond acceptors (Lipinski definition) is 7. The third-order valence-corrected chi connectivity index (χ3v) is 9.46. The second kappa shape index (κ2) is 12.4. The number of aliphatic carboxylic acids is 1. The number of piperazine rings is 1. The minimum atomic E-state index is -0.960. The number of nitrogens with zero attached hydrogens (tertiary/aromatic N) is 5. The van der Waals surface area contributed by atoms with Gasteiger partial charge in [0, 0.05) is 55.5 Å². The van der Waals surface area contributed by atoms with Crippen LogP contribution in [0, 0.1) is 5.82 Å². The van der Waals surface area contributed by atoms with Crippen molar-refractivity contribution in [2.45, 2.75) is 64.2 Å². The van der Waals surface area contributed by atoms with E-state index in [0.717, 1.165) is 21.9 Å². The summed E-state index contributed by atoms with van der Waals surface area (Å²) >= 11 is 8.02. The molecule has 42 heavy (non-hydrogen) atoms. The fourth-order valence-electron chi connectivity index (χ4n) is 6.13. The van der Waals surface area contributed by atoms with Gasteiger partial charge in [-0.3, -0.25) is 14.7 Å². The van der Waals surface area contributed by atoms with E-state index in [-0.39, 0.29) is 17.7 Å². The minimum Gasteiger partial charge on any atom is -0.480 e. The van der Waals surface area contributed by atoms with E-state index in [9.17, 15) is 19.1 Å². The van der Waals surface area contributed by atoms with Crippen LogP contribution >= 0.6 is 22.9 Å². The normalized spacial score (nSPS) is 23.7. The Kier molecular flexibility index (Phi) is 9.03. The van der Waals surface area contributed by atoms with Crippen molar-refractivity contribution in [3.63, 3.8) is 0 Å². The number of aromatic nitrogens is 1. The summed E-state index contributed by atoms with van der Waals surface area (Å²) in [5, 5.41) is 13.1. The summed E-state index contributed by atoms with van der Waals surface area (Å²) in [7, 11) is 0. The molecule has 226 valence electrons. The minimum absolute atomic E-state index is 0.00348. The highest BCUT2D eigenvalue weighted by molar-refractivity contribution is 7.11. The third kappa shape index (κ3) is 5.97. The number of rotatable bonds is 8. The number of halogens is 2. The molecule has 3 unspecified atom stereocenters. The summed E-state index contributed by atoms with van der Waals surface area (Å²) in [5.74, 6) is -1.49. The van der Waals surface area contributed by atoms with Gasteiger partial charge in [0.15, 0.2) is 0 Å². The number of amides is 2. The van der Waals surface area contributed by atoms with Gasteiger partial charge in [-0.2, -0.15) is 0 Å². The van der Waals surface area contributed by atoms with Gasteiger partial charge >= 0.3 is 12.0 Å². The lowest BCUT2D eigenvalue weighted by Gasteiger charge is -2.42. The van der Waals surface area contributed by atoms with Crippen molar-refractivity contribution in [1.82, 2.24) is 19.7 Å². The molecule has 0 bridgehead atoms. The van der Waals surface area contributed by atoms with E-state index < -0.39 is 35.5 Å². The molecule has 2 fully saturated rings. The Balaban J connectivity index is 1.55. The number of carbonyl (C=O) groups is 2. The summed E-state index contributed by atoms with van der Waals surface area (Å²) < 4.78 is 20.7. The fraction of sp³-hybridized carbons (Fsp3) is 0.533.